The van der Waals surface area contributed by atoms with Gasteiger partial charge >= 0.3 is 0 Å². The highest BCUT2D eigenvalue weighted by Gasteiger charge is 2.34. The molecule has 0 aliphatic carbocycles. The van der Waals surface area contributed by atoms with Crippen molar-refractivity contribution in [2.24, 2.45) is 40.3 Å². The first-order valence-corrected chi connectivity index (χ1v) is 21.7. The van der Waals surface area contributed by atoms with E-state index in [1.54, 1.807) is 18.2 Å². The predicted molar refractivity (Wildman–Crippen MR) is 233 cm³/mol. The van der Waals surface area contributed by atoms with E-state index >= 15 is 0 Å². The summed E-state index contributed by atoms with van der Waals surface area (Å²) in [6, 6.07) is 0.495. The highest BCUT2D eigenvalue weighted by molar-refractivity contribution is 6.04. The first-order chi connectivity index (χ1) is 29.4. The molecule has 1 rings (SSSR count). The van der Waals surface area contributed by atoms with Gasteiger partial charge in [0.25, 0.3) is 0 Å². The Morgan fingerprint density at radius 1 is 0.590 bits per heavy atom. The molecule has 0 saturated carbocycles. The summed E-state index contributed by atoms with van der Waals surface area (Å²) >= 11 is 0. The number of methoxy groups -OCH3 is 1. The fourth-order valence-electron chi connectivity index (χ4n) is 6.61. The fraction of sp³-hybridized carbons (Fsp3) is 0.690. The molecule has 19 nitrogen and oxygen atoms in total. The van der Waals surface area contributed by atoms with Crippen molar-refractivity contribution in [2.45, 2.75) is 133 Å². The summed E-state index contributed by atoms with van der Waals surface area (Å²) in [5, 5.41) is 11.1. The van der Waals surface area contributed by atoms with Gasteiger partial charge in [0.05, 0.1) is 31.2 Å². The van der Waals surface area contributed by atoms with Crippen molar-refractivity contribution in [1.29, 1.82) is 0 Å². The largest absolute Gasteiger partial charge is 0.496 e. The van der Waals surface area contributed by atoms with Crippen LogP contribution in [0, 0.1) is 5.92 Å². The van der Waals surface area contributed by atoms with E-state index in [9.17, 15) is 33.6 Å². The molecule has 61 heavy (non-hydrogen) atoms. The molecular formula is C42H74N10O9. The minimum Gasteiger partial charge on any atom is -0.496 e. The third-order valence-corrected chi connectivity index (χ3v) is 10.1. The standard InChI is InChI=1S/C42H74N10O9/c1-60-36-27-30(20-19-29(36)28-53)61-26-12-18-37(54)49-33(15-4-9-23-45)40(57)51-35(17-6-11-25-47)42(59)52-34(16-5-10-24-46)41(58)50-32(14-3-8-22-44)38(55)31(39(48)56)13-2-7-21-43/h19-20,27-28,31-35H,2-18,21-26,43-47H2,1H3,(H2,48,56)(H,49,54)(H,50,58)(H,51,57)(H,52,59)/t31-,32-,33-,34-,35-/m0/s1. The van der Waals surface area contributed by atoms with Crippen LogP contribution in [-0.2, 0) is 28.8 Å². The third-order valence-electron chi connectivity index (χ3n) is 10.1. The van der Waals surface area contributed by atoms with Crippen LogP contribution in [0.4, 0.5) is 0 Å². The number of aldehydes is 1. The van der Waals surface area contributed by atoms with Crippen LogP contribution in [0.25, 0.3) is 0 Å². The van der Waals surface area contributed by atoms with Crippen molar-refractivity contribution in [2.75, 3.05) is 46.4 Å². The number of ether oxygens (including phenoxy) is 2. The van der Waals surface area contributed by atoms with Crippen molar-refractivity contribution >= 4 is 41.6 Å². The summed E-state index contributed by atoms with van der Waals surface area (Å²) < 4.78 is 10.9. The van der Waals surface area contributed by atoms with E-state index in [0.717, 1.165) is 0 Å². The zero-order valence-electron chi connectivity index (χ0n) is 36.1. The molecule has 16 N–H and O–H groups in total. The molecule has 0 aliphatic rings. The molecule has 0 radical (unpaired) electrons. The van der Waals surface area contributed by atoms with E-state index in [2.05, 4.69) is 21.3 Å². The van der Waals surface area contributed by atoms with E-state index in [4.69, 9.17) is 43.9 Å². The second-order valence-electron chi connectivity index (χ2n) is 15.1. The van der Waals surface area contributed by atoms with Gasteiger partial charge in [-0.05, 0) is 141 Å². The maximum atomic E-state index is 14.0. The number of hydrogen-bond donors (Lipinski definition) is 10. The topological polar surface area (TPSA) is 342 Å². The highest BCUT2D eigenvalue weighted by atomic mass is 16.5. The van der Waals surface area contributed by atoms with E-state index in [1.165, 1.54) is 7.11 Å². The number of hydrogen-bond acceptors (Lipinski definition) is 14. The van der Waals surface area contributed by atoms with Crippen molar-refractivity contribution in [3.8, 4) is 11.5 Å². The lowest BCUT2D eigenvalue weighted by Gasteiger charge is -2.27. The SMILES string of the molecule is COc1cc(OCCCC(=O)N[C@@H](CCCCN)C(=O)N[C@@H](CCCCN)C(=O)N[C@@H](CCCCN)C(=O)N[C@@H](CCCCN)C(=O)[C@H](CCCCN)C(N)=O)ccc1C=O. The number of unbranched alkanes of at least 4 members (excludes halogenated alkanes) is 5. The van der Waals surface area contributed by atoms with Gasteiger partial charge in [0.2, 0.25) is 29.5 Å². The van der Waals surface area contributed by atoms with Crippen LogP contribution in [-0.4, -0.2) is 112 Å². The van der Waals surface area contributed by atoms with Crippen molar-refractivity contribution in [3.63, 3.8) is 0 Å². The van der Waals surface area contributed by atoms with Crippen molar-refractivity contribution in [1.82, 2.24) is 21.3 Å². The van der Waals surface area contributed by atoms with E-state index in [-0.39, 0.29) is 45.1 Å². The smallest absolute Gasteiger partial charge is 0.243 e. The van der Waals surface area contributed by atoms with E-state index in [1.807, 2.05) is 0 Å². The molecule has 1 aromatic carbocycles. The number of amides is 5. The normalized spacial score (nSPS) is 13.5. The van der Waals surface area contributed by atoms with Gasteiger partial charge in [-0.15, -0.1) is 0 Å². The molecule has 19 heteroatoms. The van der Waals surface area contributed by atoms with Gasteiger partial charge in [0.15, 0.2) is 12.1 Å². The van der Waals surface area contributed by atoms with Gasteiger partial charge in [0.1, 0.15) is 29.6 Å². The Morgan fingerprint density at radius 3 is 1.44 bits per heavy atom. The van der Waals surface area contributed by atoms with Gasteiger partial charge < -0.3 is 65.1 Å². The molecule has 0 aliphatic heterocycles. The number of ketones is 1. The van der Waals surface area contributed by atoms with Crippen molar-refractivity contribution in [3.05, 3.63) is 23.8 Å². The van der Waals surface area contributed by atoms with Crippen LogP contribution in [0.5, 0.6) is 11.5 Å². The second-order valence-corrected chi connectivity index (χ2v) is 15.1. The number of carbonyl (C=O) groups excluding carboxylic acids is 7. The van der Waals surface area contributed by atoms with Crippen LogP contribution < -0.4 is 65.1 Å². The van der Waals surface area contributed by atoms with Crippen LogP contribution in [0.2, 0.25) is 0 Å². The van der Waals surface area contributed by atoms with Gasteiger partial charge in [-0.1, -0.05) is 6.42 Å². The zero-order valence-corrected chi connectivity index (χ0v) is 36.1. The molecule has 5 atom stereocenters. The van der Waals surface area contributed by atoms with Crippen LogP contribution in [0.1, 0.15) is 120 Å². The van der Waals surface area contributed by atoms with Gasteiger partial charge in [-0.25, -0.2) is 0 Å². The Kier molecular flexibility index (Phi) is 29.4. The summed E-state index contributed by atoms with van der Waals surface area (Å²) in [6.45, 7) is 2.00. The number of primary amides is 1. The van der Waals surface area contributed by atoms with Gasteiger partial charge in [-0.2, -0.15) is 0 Å². The van der Waals surface area contributed by atoms with Gasteiger partial charge in [0, 0.05) is 12.5 Å². The summed E-state index contributed by atoms with van der Waals surface area (Å²) in [5.41, 5.74) is 34.5. The Hall–Kier alpha value is -4.69. The number of rotatable bonds is 37. The molecule has 1 aromatic rings. The zero-order chi connectivity index (χ0) is 45.4. The van der Waals surface area contributed by atoms with Crippen LogP contribution in [0.15, 0.2) is 18.2 Å². The monoisotopic (exact) mass is 863 g/mol. The molecule has 5 amide bonds. The molecule has 0 fully saturated rings. The molecule has 0 heterocycles. The summed E-state index contributed by atoms with van der Waals surface area (Å²) in [7, 11) is 1.44. The number of benzene rings is 1. The first kappa shape index (κ1) is 54.3. The highest BCUT2D eigenvalue weighted by Crippen LogP contribution is 2.23. The lowest BCUT2D eigenvalue weighted by atomic mass is 9.89. The summed E-state index contributed by atoms with van der Waals surface area (Å²) in [6.07, 6.45) is 7.38. The lowest BCUT2D eigenvalue weighted by Crippen LogP contribution is -2.58. The maximum absolute atomic E-state index is 14.0. The maximum Gasteiger partial charge on any atom is 0.243 e. The van der Waals surface area contributed by atoms with Gasteiger partial charge in [-0.3, -0.25) is 33.6 Å². The predicted octanol–water partition coefficient (Wildman–Crippen LogP) is -0.0785. The number of nitrogens with two attached hydrogens (primary N) is 6. The lowest BCUT2D eigenvalue weighted by molar-refractivity contribution is -0.137. The Morgan fingerprint density at radius 2 is 1.02 bits per heavy atom. The van der Waals surface area contributed by atoms with Crippen LogP contribution in [0.3, 0.4) is 0 Å². The van der Waals surface area contributed by atoms with E-state index in [0.29, 0.717) is 127 Å². The van der Waals surface area contributed by atoms with Crippen molar-refractivity contribution < 1.29 is 43.0 Å². The molecule has 346 valence electrons. The number of Topliss-reactive ketones (excluding diaryl/α,β-unsaturated/α-hetero) is 1. The van der Waals surface area contributed by atoms with Crippen LogP contribution >= 0.6 is 0 Å². The molecule has 0 unspecified atom stereocenters. The fourth-order valence-corrected chi connectivity index (χ4v) is 6.61. The average Bonchev–Trinajstić information content (AvgIpc) is 3.24. The average molecular weight is 863 g/mol. The minimum absolute atomic E-state index is 0.0356. The molecule has 0 spiro atoms. The Labute approximate surface area is 360 Å². The Bertz CT molecular complexity index is 1480. The quantitative estimate of drug-likeness (QED) is 0.0238. The third kappa shape index (κ3) is 22.1. The number of nitrogens with one attached hydrogen (secondary N) is 4. The molecular weight excluding hydrogens is 789 g/mol. The summed E-state index contributed by atoms with van der Waals surface area (Å²) in [4.78, 5) is 92.2. The molecule has 0 saturated heterocycles. The number of carbonyl (C=O) groups is 7. The van der Waals surface area contributed by atoms with E-state index < -0.39 is 65.4 Å². The second kappa shape index (κ2) is 33.0. The Balaban J connectivity index is 3.20. The first-order valence-electron chi connectivity index (χ1n) is 21.7. The molecule has 0 bridgehead atoms. The minimum atomic E-state index is -1.13. The molecule has 0 aromatic heterocycles. The summed E-state index contributed by atoms with van der Waals surface area (Å²) in [5.74, 6) is -3.89.